The fraction of sp³-hybridized carbons (Fsp3) is 0.207. The minimum Gasteiger partial charge on any atom is -0.488 e. The lowest BCUT2D eigenvalue weighted by molar-refractivity contribution is 0.102. The topological polar surface area (TPSA) is 115 Å². The van der Waals surface area contributed by atoms with Gasteiger partial charge in [0, 0.05) is 43.3 Å². The Morgan fingerprint density at radius 3 is 2.62 bits per heavy atom. The number of nitrogens with two attached hydrogens (primary N) is 1. The van der Waals surface area contributed by atoms with Crippen LogP contribution in [0.15, 0.2) is 73.1 Å². The molecule has 0 radical (unpaired) electrons. The van der Waals surface area contributed by atoms with E-state index in [9.17, 15) is 9.18 Å². The molecule has 11 heteroatoms. The summed E-state index contributed by atoms with van der Waals surface area (Å²) in [5.74, 6) is 0.0219. The molecule has 206 valence electrons. The number of para-hydroxylation sites is 2. The van der Waals surface area contributed by atoms with E-state index in [2.05, 4.69) is 32.5 Å². The number of amides is 1. The molecule has 1 saturated heterocycles. The quantitative estimate of drug-likeness (QED) is 0.235. The van der Waals surface area contributed by atoms with Crippen molar-refractivity contribution in [3.63, 3.8) is 0 Å². The van der Waals surface area contributed by atoms with Crippen LogP contribution in [-0.2, 0) is 0 Å². The molecule has 0 atom stereocenters. The van der Waals surface area contributed by atoms with Gasteiger partial charge in [-0.25, -0.2) is 14.4 Å². The Morgan fingerprint density at radius 2 is 1.82 bits per heavy atom. The lowest BCUT2D eigenvalue weighted by Gasteiger charge is -2.29. The number of pyridine rings is 2. The summed E-state index contributed by atoms with van der Waals surface area (Å²) in [6, 6.07) is 16.4. The van der Waals surface area contributed by atoms with E-state index in [-0.39, 0.29) is 45.7 Å². The van der Waals surface area contributed by atoms with Crippen molar-refractivity contribution in [1.29, 1.82) is 0 Å². The van der Waals surface area contributed by atoms with Crippen molar-refractivity contribution in [2.45, 2.75) is 18.9 Å². The molecule has 5 rings (SSSR count). The average molecular weight is 563 g/mol. The first-order valence-electron chi connectivity index (χ1n) is 12.7. The summed E-state index contributed by atoms with van der Waals surface area (Å²) < 4.78 is 26.7. The van der Waals surface area contributed by atoms with Crippen LogP contribution in [0.1, 0.15) is 23.2 Å². The Labute approximate surface area is 236 Å². The Kier molecular flexibility index (Phi) is 8.28. The Balaban J connectivity index is 1.30. The fourth-order valence-electron chi connectivity index (χ4n) is 4.27. The fourth-order valence-corrected chi connectivity index (χ4v) is 4.42. The van der Waals surface area contributed by atoms with Crippen molar-refractivity contribution in [3.8, 4) is 17.2 Å². The number of carbonyl (C=O) groups is 1. The molecule has 0 spiro atoms. The van der Waals surface area contributed by atoms with Gasteiger partial charge in [-0.2, -0.15) is 0 Å². The van der Waals surface area contributed by atoms with Crippen LogP contribution in [0, 0.1) is 5.82 Å². The SMILES string of the molecule is CN1CCC(Oc2ccccc2NC(=O)c2cccnc2Nc2ccc(Oc3ccnc(N)c3Cl)c(F)c2)CC1. The number of ether oxygens (including phenoxy) is 2. The lowest BCUT2D eigenvalue weighted by Crippen LogP contribution is -2.35. The van der Waals surface area contributed by atoms with Gasteiger partial charge in [0.05, 0.1) is 11.3 Å². The molecule has 40 heavy (non-hydrogen) atoms. The van der Waals surface area contributed by atoms with Gasteiger partial charge in [0.25, 0.3) is 5.91 Å². The molecule has 0 bridgehead atoms. The van der Waals surface area contributed by atoms with Crippen LogP contribution < -0.4 is 25.8 Å². The number of rotatable bonds is 8. The number of likely N-dealkylation sites (tertiary alicyclic amines) is 1. The van der Waals surface area contributed by atoms with Gasteiger partial charge in [-0.05, 0) is 56.3 Å². The predicted molar refractivity (Wildman–Crippen MR) is 153 cm³/mol. The van der Waals surface area contributed by atoms with Crippen molar-refractivity contribution < 1.29 is 18.7 Å². The van der Waals surface area contributed by atoms with E-state index in [4.69, 9.17) is 26.8 Å². The molecular formula is C29H28ClFN6O3. The zero-order valence-electron chi connectivity index (χ0n) is 21.7. The van der Waals surface area contributed by atoms with E-state index in [1.54, 1.807) is 30.5 Å². The first-order valence-corrected chi connectivity index (χ1v) is 13.1. The number of nitrogens with zero attached hydrogens (tertiary/aromatic N) is 3. The van der Waals surface area contributed by atoms with Crippen molar-refractivity contribution >= 4 is 40.5 Å². The van der Waals surface area contributed by atoms with E-state index < -0.39 is 5.82 Å². The zero-order valence-corrected chi connectivity index (χ0v) is 22.5. The second-order valence-electron chi connectivity index (χ2n) is 9.35. The Hall–Kier alpha value is -4.41. The predicted octanol–water partition coefficient (Wildman–Crippen LogP) is 6.11. The molecule has 1 amide bonds. The van der Waals surface area contributed by atoms with Gasteiger partial charge >= 0.3 is 0 Å². The maximum Gasteiger partial charge on any atom is 0.259 e. The third-order valence-electron chi connectivity index (χ3n) is 6.44. The van der Waals surface area contributed by atoms with Crippen LogP contribution in [0.25, 0.3) is 0 Å². The van der Waals surface area contributed by atoms with E-state index in [0.29, 0.717) is 17.1 Å². The molecule has 2 aromatic carbocycles. The highest BCUT2D eigenvalue weighted by molar-refractivity contribution is 6.34. The maximum atomic E-state index is 14.9. The normalized spacial score (nSPS) is 14.0. The van der Waals surface area contributed by atoms with Crippen molar-refractivity contribution in [2.75, 3.05) is 36.5 Å². The Bertz CT molecular complexity index is 1510. The number of anilines is 4. The van der Waals surface area contributed by atoms with Crippen LogP contribution in [0.5, 0.6) is 17.2 Å². The van der Waals surface area contributed by atoms with E-state index >= 15 is 0 Å². The molecular weight excluding hydrogens is 535 g/mol. The highest BCUT2D eigenvalue weighted by Crippen LogP contribution is 2.34. The van der Waals surface area contributed by atoms with Crippen molar-refractivity contribution in [3.05, 3.63) is 89.5 Å². The summed E-state index contributed by atoms with van der Waals surface area (Å²) in [7, 11) is 2.09. The number of hydrogen-bond donors (Lipinski definition) is 3. The second-order valence-corrected chi connectivity index (χ2v) is 9.73. The molecule has 0 unspecified atom stereocenters. The first kappa shape index (κ1) is 27.2. The number of halogens is 2. The highest BCUT2D eigenvalue weighted by Gasteiger charge is 2.21. The van der Waals surface area contributed by atoms with Crippen LogP contribution in [0.3, 0.4) is 0 Å². The summed E-state index contributed by atoms with van der Waals surface area (Å²) in [5.41, 5.74) is 6.89. The van der Waals surface area contributed by atoms with Gasteiger partial charge in [0.15, 0.2) is 17.3 Å². The van der Waals surface area contributed by atoms with Gasteiger partial charge in [0.2, 0.25) is 0 Å². The lowest BCUT2D eigenvalue weighted by atomic mass is 10.1. The third-order valence-corrected chi connectivity index (χ3v) is 6.82. The summed E-state index contributed by atoms with van der Waals surface area (Å²) in [4.78, 5) is 23.8. The molecule has 3 heterocycles. The van der Waals surface area contributed by atoms with Crippen LogP contribution >= 0.6 is 11.6 Å². The summed E-state index contributed by atoms with van der Waals surface area (Å²) in [6.45, 7) is 1.92. The van der Waals surface area contributed by atoms with Crippen LogP contribution in [0.2, 0.25) is 5.02 Å². The van der Waals surface area contributed by atoms with Gasteiger partial charge in [-0.15, -0.1) is 0 Å². The van der Waals surface area contributed by atoms with E-state index in [1.807, 2.05) is 18.2 Å². The van der Waals surface area contributed by atoms with Gasteiger partial charge in [0.1, 0.15) is 28.5 Å². The molecule has 0 aliphatic carbocycles. The second kappa shape index (κ2) is 12.2. The summed E-state index contributed by atoms with van der Waals surface area (Å²) >= 11 is 6.10. The molecule has 0 saturated carbocycles. The molecule has 1 aliphatic rings. The number of benzene rings is 2. The largest absolute Gasteiger partial charge is 0.488 e. The zero-order chi connectivity index (χ0) is 28.1. The van der Waals surface area contributed by atoms with Gasteiger partial charge in [-0.1, -0.05) is 23.7 Å². The number of nitrogens with one attached hydrogen (secondary N) is 2. The van der Waals surface area contributed by atoms with E-state index in [0.717, 1.165) is 25.9 Å². The minimum atomic E-state index is -0.654. The molecule has 4 aromatic rings. The molecule has 9 nitrogen and oxygen atoms in total. The number of nitrogen functional groups attached to an aromatic ring is 1. The van der Waals surface area contributed by atoms with Crippen LogP contribution in [-0.4, -0.2) is 47.0 Å². The average Bonchev–Trinajstić information content (AvgIpc) is 2.95. The van der Waals surface area contributed by atoms with Crippen molar-refractivity contribution in [2.24, 2.45) is 0 Å². The van der Waals surface area contributed by atoms with E-state index in [1.165, 1.54) is 24.4 Å². The minimum absolute atomic E-state index is 0.0572. The maximum absolute atomic E-state index is 14.9. The summed E-state index contributed by atoms with van der Waals surface area (Å²) in [5, 5.41) is 6.04. The number of hydrogen-bond acceptors (Lipinski definition) is 8. The molecule has 4 N–H and O–H groups in total. The molecule has 2 aromatic heterocycles. The molecule has 1 aliphatic heterocycles. The Morgan fingerprint density at radius 1 is 1.02 bits per heavy atom. The number of piperidine rings is 1. The third kappa shape index (κ3) is 6.41. The molecule has 1 fully saturated rings. The monoisotopic (exact) mass is 562 g/mol. The smallest absolute Gasteiger partial charge is 0.259 e. The first-order chi connectivity index (χ1) is 19.4. The van der Waals surface area contributed by atoms with Gasteiger partial charge < -0.3 is 30.7 Å². The van der Waals surface area contributed by atoms with Crippen molar-refractivity contribution in [1.82, 2.24) is 14.9 Å². The number of aromatic nitrogens is 2. The standard InChI is InChI=1S/C29H28ClFN6O3/c1-37-15-11-19(12-16-37)39-24-7-3-2-6-22(24)36-29(38)20-5-4-13-34-28(20)35-18-8-9-23(21(31)17-18)40-25-10-14-33-27(32)26(25)30/h2-10,13-14,17,19H,11-12,15-16H2,1H3,(H2,32,33)(H,34,35)(H,36,38). The van der Waals surface area contributed by atoms with Gasteiger partial charge in [-0.3, -0.25) is 4.79 Å². The van der Waals surface area contributed by atoms with Crippen LogP contribution in [0.4, 0.5) is 27.4 Å². The number of carbonyl (C=O) groups excluding carboxylic acids is 1. The highest BCUT2D eigenvalue weighted by atomic mass is 35.5. The summed E-state index contributed by atoms with van der Waals surface area (Å²) in [6.07, 6.45) is 4.87.